The van der Waals surface area contributed by atoms with Gasteiger partial charge in [0.15, 0.2) is 0 Å². The van der Waals surface area contributed by atoms with Gasteiger partial charge in [-0.2, -0.15) is 8.42 Å². The van der Waals surface area contributed by atoms with Crippen LogP contribution >= 0.6 is 0 Å². The lowest BCUT2D eigenvalue weighted by Crippen LogP contribution is -2.36. The van der Waals surface area contributed by atoms with Gasteiger partial charge in [0.05, 0.1) is 6.61 Å². The molecule has 0 aromatic heterocycles. The van der Waals surface area contributed by atoms with Crippen molar-refractivity contribution in [2.75, 3.05) is 6.61 Å². The fraction of sp³-hybridized carbons (Fsp3) is 0.364. The van der Waals surface area contributed by atoms with Crippen molar-refractivity contribution in [1.82, 2.24) is 0 Å². The molecule has 0 saturated heterocycles. The van der Waals surface area contributed by atoms with Crippen LogP contribution in [0.3, 0.4) is 0 Å². The van der Waals surface area contributed by atoms with Crippen molar-refractivity contribution in [2.24, 2.45) is 5.73 Å². The highest BCUT2D eigenvalue weighted by Gasteiger charge is 2.23. The van der Waals surface area contributed by atoms with E-state index in [-0.39, 0.29) is 18.8 Å². The van der Waals surface area contributed by atoms with E-state index >= 15 is 0 Å². The number of phenols is 1. The number of rotatable bonds is 6. The highest BCUT2D eigenvalue weighted by atomic mass is 32.3. The number of phenolic OH excluding ortho intramolecular Hbond substituents is 1. The quantitative estimate of drug-likeness (QED) is 0.762. The second kappa shape index (κ2) is 6.50. The molecule has 0 heterocycles. The highest BCUT2D eigenvalue weighted by Crippen LogP contribution is 2.11. The van der Waals surface area contributed by atoms with E-state index in [2.05, 4.69) is 8.37 Å². The standard InChI is InChI=1S/C11H15NO6S/c1-2-17-19(15,16)18-11(14)10(12)7-8-3-5-9(13)6-4-8/h3-6,10,13H,2,7,12H2,1H3/t10-/m0/s1. The van der Waals surface area contributed by atoms with Gasteiger partial charge < -0.3 is 15.0 Å². The first-order valence-electron chi connectivity index (χ1n) is 5.50. The van der Waals surface area contributed by atoms with Gasteiger partial charge in [0, 0.05) is 0 Å². The van der Waals surface area contributed by atoms with Crippen LogP contribution in [0.1, 0.15) is 12.5 Å². The maximum Gasteiger partial charge on any atom is 0.451 e. The Morgan fingerprint density at radius 1 is 1.37 bits per heavy atom. The van der Waals surface area contributed by atoms with E-state index in [0.717, 1.165) is 0 Å². The molecule has 0 bridgehead atoms. The predicted octanol–water partition coefficient (Wildman–Crippen LogP) is 0.0865. The average molecular weight is 289 g/mol. The Bertz CT molecular complexity index is 525. The molecule has 1 aromatic carbocycles. The highest BCUT2D eigenvalue weighted by molar-refractivity contribution is 7.82. The van der Waals surface area contributed by atoms with E-state index in [1.54, 1.807) is 12.1 Å². The van der Waals surface area contributed by atoms with E-state index < -0.39 is 22.4 Å². The molecule has 106 valence electrons. The lowest BCUT2D eigenvalue weighted by molar-refractivity contribution is -0.136. The fourth-order valence-corrected chi connectivity index (χ4v) is 1.96. The SMILES string of the molecule is CCOS(=O)(=O)OC(=O)[C@@H](N)Cc1ccc(O)cc1. The Morgan fingerprint density at radius 3 is 2.47 bits per heavy atom. The second-order valence-corrected chi connectivity index (χ2v) is 4.91. The third-order valence-corrected chi connectivity index (χ3v) is 3.03. The lowest BCUT2D eigenvalue weighted by atomic mass is 10.1. The zero-order valence-corrected chi connectivity index (χ0v) is 11.1. The normalized spacial score (nSPS) is 12.9. The molecule has 0 unspecified atom stereocenters. The van der Waals surface area contributed by atoms with Crippen LogP contribution in [0.4, 0.5) is 0 Å². The van der Waals surface area contributed by atoms with Gasteiger partial charge in [-0.05, 0) is 31.0 Å². The maximum atomic E-state index is 11.4. The number of carbonyl (C=O) groups excluding carboxylic acids is 1. The van der Waals surface area contributed by atoms with E-state index in [0.29, 0.717) is 5.56 Å². The first-order valence-corrected chi connectivity index (χ1v) is 6.83. The van der Waals surface area contributed by atoms with E-state index in [9.17, 15) is 13.2 Å². The van der Waals surface area contributed by atoms with Crippen LogP contribution in [0.15, 0.2) is 24.3 Å². The monoisotopic (exact) mass is 289 g/mol. The van der Waals surface area contributed by atoms with Crippen molar-refractivity contribution in [3.05, 3.63) is 29.8 Å². The van der Waals surface area contributed by atoms with Crippen LogP contribution in [0.5, 0.6) is 5.75 Å². The molecule has 0 aliphatic carbocycles. The number of benzene rings is 1. The number of hydrogen-bond donors (Lipinski definition) is 2. The predicted molar refractivity (Wildman–Crippen MR) is 66.4 cm³/mol. The van der Waals surface area contributed by atoms with Gasteiger partial charge in [-0.15, -0.1) is 0 Å². The van der Waals surface area contributed by atoms with Gasteiger partial charge in [0.1, 0.15) is 11.8 Å². The zero-order valence-electron chi connectivity index (χ0n) is 10.3. The van der Waals surface area contributed by atoms with E-state index in [1.807, 2.05) is 0 Å². The van der Waals surface area contributed by atoms with E-state index in [1.165, 1.54) is 19.1 Å². The fourth-order valence-electron chi connectivity index (χ4n) is 1.30. The van der Waals surface area contributed by atoms with Crippen molar-refractivity contribution in [3.63, 3.8) is 0 Å². The summed E-state index contributed by atoms with van der Waals surface area (Å²) in [4.78, 5) is 11.4. The van der Waals surface area contributed by atoms with Crippen LogP contribution in [0.25, 0.3) is 0 Å². The molecule has 0 radical (unpaired) electrons. The van der Waals surface area contributed by atoms with Crippen LogP contribution in [-0.2, 0) is 30.0 Å². The minimum Gasteiger partial charge on any atom is -0.508 e. The summed E-state index contributed by atoms with van der Waals surface area (Å²) in [5.74, 6) is -1.01. The van der Waals surface area contributed by atoms with Gasteiger partial charge in [-0.25, -0.2) is 8.98 Å². The Balaban J connectivity index is 2.60. The van der Waals surface area contributed by atoms with Crippen molar-refractivity contribution in [3.8, 4) is 5.75 Å². The summed E-state index contributed by atoms with van der Waals surface area (Å²) in [7, 11) is -4.34. The molecule has 7 nitrogen and oxygen atoms in total. The molecule has 1 aromatic rings. The van der Waals surface area contributed by atoms with Gasteiger partial charge in [0.25, 0.3) is 0 Å². The van der Waals surface area contributed by atoms with Crippen LogP contribution in [0.2, 0.25) is 0 Å². The first-order chi connectivity index (χ1) is 8.84. The van der Waals surface area contributed by atoms with Gasteiger partial charge in [0.2, 0.25) is 0 Å². The first kappa shape index (κ1) is 15.4. The maximum absolute atomic E-state index is 11.4. The van der Waals surface area contributed by atoms with Crippen molar-refractivity contribution >= 4 is 16.4 Å². The summed E-state index contributed by atoms with van der Waals surface area (Å²) in [5.41, 5.74) is 6.20. The Hall–Kier alpha value is -1.64. The summed E-state index contributed by atoms with van der Waals surface area (Å²) in [5, 5.41) is 9.09. The summed E-state index contributed by atoms with van der Waals surface area (Å²) < 4.78 is 30.6. The molecule has 1 atom stereocenters. The molecule has 0 saturated carbocycles. The lowest BCUT2D eigenvalue weighted by Gasteiger charge is -2.10. The third-order valence-electron chi connectivity index (χ3n) is 2.14. The molecule has 8 heteroatoms. The van der Waals surface area contributed by atoms with Crippen molar-refractivity contribution < 1.29 is 26.7 Å². The summed E-state index contributed by atoms with van der Waals surface area (Å²) in [6, 6.07) is 4.87. The largest absolute Gasteiger partial charge is 0.508 e. The smallest absolute Gasteiger partial charge is 0.451 e. The molecular weight excluding hydrogens is 274 g/mol. The minimum absolute atomic E-state index is 0.0822. The van der Waals surface area contributed by atoms with Crippen LogP contribution < -0.4 is 5.73 Å². The number of nitrogens with two attached hydrogens (primary N) is 1. The van der Waals surface area contributed by atoms with Gasteiger partial charge >= 0.3 is 16.4 Å². The Morgan fingerprint density at radius 2 is 1.95 bits per heavy atom. The number of hydrogen-bond acceptors (Lipinski definition) is 7. The van der Waals surface area contributed by atoms with Crippen LogP contribution in [-0.4, -0.2) is 32.1 Å². The molecule has 3 N–H and O–H groups in total. The molecule has 19 heavy (non-hydrogen) atoms. The second-order valence-electron chi connectivity index (χ2n) is 3.69. The zero-order chi connectivity index (χ0) is 14.5. The molecule has 0 aliphatic heterocycles. The molecule has 0 spiro atoms. The van der Waals surface area contributed by atoms with Gasteiger partial charge in [-0.1, -0.05) is 12.1 Å². The molecule has 0 aliphatic rings. The Kier molecular flexibility index (Phi) is 5.28. The van der Waals surface area contributed by atoms with E-state index in [4.69, 9.17) is 10.8 Å². The van der Waals surface area contributed by atoms with Gasteiger partial charge in [-0.3, -0.25) is 0 Å². The summed E-state index contributed by atoms with van der Waals surface area (Å²) >= 11 is 0. The molecule has 0 amide bonds. The number of aromatic hydroxyl groups is 1. The molecular formula is C11H15NO6S. The minimum atomic E-state index is -4.34. The average Bonchev–Trinajstić information content (AvgIpc) is 2.31. The van der Waals surface area contributed by atoms with Crippen LogP contribution in [0, 0.1) is 0 Å². The number of carbonyl (C=O) groups is 1. The van der Waals surface area contributed by atoms with Crippen molar-refractivity contribution in [1.29, 1.82) is 0 Å². The van der Waals surface area contributed by atoms with Crippen molar-refractivity contribution in [2.45, 2.75) is 19.4 Å². The third kappa shape index (κ3) is 5.25. The topological polar surface area (TPSA) is 116 Å². The summed E-state index contributed by atoms with van der Waals surface area (Å²) in [6.07, 6.45) is 0.0841. The molecule has 0 fully saturated rings. The summed E-state index contributed by atoms with van der Waals surface area (Å²) in [6.45, 7) is 1.31. The molecule has 1 rings (SSSR count). The Labute approximate surface area is 111 Å².